The number of sulfonamides is 1. The molecule has 0 aliphatic rings. The van der Waals surface area contributed by atoms with E-state index in [-0.39, 0.29) is 4.90 Å². The molecule has 0 amide bonds. The van der Waals surface area contributed by atoms with Gasteiger partial charge < -0.3 is 0 Å². The second kappa shape index (κ2) is 9.09. The number of benzene rings is 1. The summed E-state index contributed by atoms with van der Waals surface area (Å²) in [6, 6.07) is 7.25. The molecule has 0 spiro atoms. The van der Waals surface area contributed by atoms with Gasteiger partial charge in [-0.3, -0.25) is 9.05 Å². The fourth-order valence-electron chi connectivity index (χ4n) is 1.75. The summed E-state index contributed by atoms with van der Waals surface area (Å²) in [5.74, 6) is 0. The lowest BCUT2D eigenvalue weighted by molar-refractivity contribution is 0.126. The summed E-state index contributed by atoms with van der Waals surface area (Å²) in [7, 11) is -8.88. The Kier molecular flexibility index (Phi) is 8.28. The Labute approximate surface area is 163 Å². The molecule has 1 rings (SSSR count). The van der Waals surface area contributed by atoms with Gasteiger partial charge in [-0.05, 0) is 39.8 Å². The Morgan fingerprint density at radius 3 is 1.80 bits per heavy atom. The molecular weight excluding hydrogens is 432 g/mol. The van der Waals surface area contributed by atoms with Gasteiger partial charge in [-0.25, -0.2) is 13.0 Å². The molecule has 1 aromatic carbocycles. The fraction of sp³-hybridized carbons (Fsp3) is 0.429. The van der Waals surface area contributed by atoms with E-state index in [1.165, 1.54) is 24.3 Å². The van der Waals surface area contributed by atoms with Gasteiger partial charge in [-0.2, -0.15) is 4.08 Å². The van der Waals surface area contributed by atoms with Crippen LogP contribution in [0.3, 0.4) is 0 Å². The molecule has 0 saturated carbocycles. The van der Waals surface area contributed by atoms with Crippen molar-refractivity contribution in [3.05, 3.63) is 40.0 Å². The summed E-state index contributed by atoms with van der Waals surface area (Å²) in [6.07, 6.45) is -1.26. The van der Waals surface area contributed by atoms with Crippen LogP contribution in [0, 0.1) is 0 Å². The van der Waals surface area contributed by atoms with Crippen molar-refractivity contribution in [1.29, 1.82) is 0 Å². The second-order valence-electron chi connectivity index (χ2n) is 5.39. The van der Waals surface area contributed by atoms with Crippen molar-refractivity contribution in [2.24, 2.45) is 0 Å². The molecule has 0 aromatic heterocycles. The minimum absolute atomic E-state index is 0.178. The highest BCUT2D eigenvalue weighted by molar-refractivity contribution is 7.94. The van der Waals surface area contributed by atoms with Gasteiger partial charge in [0, 0.05) is 0 Å². The molecule has 6 nitrogen and oxygen atoms in total. The number of hydrogen-bond donors (Lipinski definition) is 0. The van der Waals surface area contributed by atoms with Crippen LogP contribution < -0.4 is 0 Å². The molecule has 142 valence electrons. The molecule has 0 aliphatic heterocycles. The average molecular weight is 451 g/mol. The van der Waals surface area contributed by atoms with Gasteiger partial charge in [-0.15, -0.1) is 0 Å². The van der Waals surface area contributed by atoms with Crippen LogP contribution in [0.15, 0.2) is 44.9 Å². The van der Waals surface area contributed by atoms with Crippen molar-refractivity contribution in [3.63, 3.8) is 0 Å². The second-order valence-corrected chi connectivity index (χ2v) is 10.5. The highest BCUT2D eigenvalue weighted by atomic mass is 35.5. The zero-order valence-corrected chi connectivity index (χ0v) is 18.0. The van der Waals surface area contributed by atoms with Gasteiger partial charge in [0.2, 0.25) is 0 Å². The maximum absolute atomic E-state index is 13.4. The van der Waals surface area contributed by atoms with Crippen LogP contribution in [0.2, 0.25) is 0 Å². The van der Waals surface area contributed by atoms with E-state index >= 15 is 0 Å². The van der Waals surface area contributed by atoms with Crippen LogP contribution in [0.5, 0.6) is 0 Å². The van der Waals surface area contributed by atoms with Crippen LogP contribution in [0.4, 0.5) is 0 Å². The van der Waals surface area contributed by atoms with Crippen molar-refractivity contribution in [3.8, 4) is 0 Å². The Bertz CT molecular complexity index is 750. The van der Waals surface area contributed by atoms with Gasteiger partial charge in [0.15, 0.2) is 5.16 Å². The minimum Gasteiger partial charge on any atom is -0.289 e. The van der Waals surface area contributed by atoms with Gasteiger partial charge in [-0.1, -0.05) is 53.0 Å². The van der Waals surface area contributed by atoms with Gasteiger partial charge in [0.1, 0.15) is 4.49 Å². The molecule has 0 atom stereocenters. The monoisotopic (exact) mass is 449 g/mol. The summed E-state index contributed by atoms with van der Waals surface area (Å²) in [5, 5.41) is -0.684. The molecule has 1 aromatic rings. The predicted molar refractivity (Wildman–Crippen MR) is 100 cm³/mol. The third kappa shape index (κ3) is 5.86. The summed E-state index contributed by atoms with van der Waals surface area (Å²) in [6.45, 7) is 6.29. The van der Waals surface area contributed by atoms with E-state index in [0.717, 1.165) is 0 Å². The molecule has 0 heterocycles. The fourth-order valence-corrected chi connectivity index (χ4v) is 6.86. The average Bonchev–Trinajstić information content (AvgIpc) is 2.45. The third-order valence-corrected chi connectivity index (χ3v) is 8.40. The van der Waals surface area contributed by atoms with E-state index in [9.17, 15) is 13.0 Å². The Morgan fingerprint density at radius 1 is 1.00 bits per heavy atom. The number of rotatable bonds is 8. The van der Waals surface area contributed by atoms with E-state index in [4.69, 9.17) is 43.9 Å². The highest BCUT2D eigenvalue weighted by Gasteiger charge is 2.46. The molecule has 0 fully saturated rings. The van der Waals surface area contributed by atoms with E-state index in [1.54, 1.807) is 33.8 Å². The molecule has 0 saturated heterocycles. The van der Waals surface area contributed by atoms with Crippen molar-refractivity contribution < 1.29 is 22.0 Å². The Balaban J connectivity index is 3.67. The first-order valence-electron chi connectivity index (χ1n) is 7.20. The molecule has 11 heteroatoms. The predicted octanol–water partition coefficient (Wildman–Crippen LogP) is 5.48. The van der Waals surface area contributed by atoms with Crippen LogP contribution in [-0.4, -0.2) is 24.7 Å². The molecule has 0 unspecified atom stereocenters. The van der Waals surface area contributed by atoms with E-state index in [0.29, 0.717) is 4.08 Å². The molecule has 0 bridgehead atoms. The first kappa shape index (κ1) is 22.8. The quantitative estimate of drug-likeness (QED) is 0.387. The van der Waals surface area contributed by atoms with Crippen molar-refractivity contribution in [2.45, 2.75) is 44.8 Å². The first-order chi connectivity index (χ1) is 11.4. The summed E-state index contributed by atoms with van der Waals surface area (Å²) < 4.78 is 49.8. The number of nitrogens with zero attached hydrogens (tertiary/aromatic N) is 1. The number of halogens is 3. The van der Waals surface area contributed by atoms with Crippen LogP contribution >= 0.6 is 42.5 Å². The molecule has 0 N–H and O–H groups in total. The standard InChI is InChI=1S/C14H19Cl3NO5PS/c1-10(2)22-24(19,23-11(3)4)18(14(17)13(15)16)25(20,21)12-8-6-5-7-9-12/h5-11H,1-4H3. The highest BCUT2D eigenvalue weighted by Crippen LogP contribution is 2.59. The smallest absolute Gasteiger partial charge is 0.289 e. The first-order valence-corrected chi connectivity index (χ1v) is 11.3. The van der Waals surface area contributed by atoms with Crippen molar-refractivity contribution in [1.82, 2.24) is 4.08 Å². The van der Waals surface area contributed by atoms with Gasteiger partial charge >= 0.3 is 7.75 Å². The van der Waals surface area contributed by atoms with Crippen molar-refractivity contribution >= 4 is 52.6 Å². The maximum atomic E-state index is 13.4. The van der Waals surface area contributed by atoms with Crippen LogP contribution in [0.25, 0.3) is 0 Å². The van der Waals surface area contributed by atoms with E-state index in [1.807, 2.05) is 0 Å². The summed E-state index contributed by atoms with van der Waals surface area (Å²) in [5.41, 5.74) is 0. The molecule has 0 radical (unpaired) electrons. The Morgan fingerprint density at radius 2 is 1.44 bits per heavy atom. The Hall–Kier alpha value is -0.270. The molecular formula is C14H19Cl3NO5PS. The largest absolute Gasteiger partial charge is 0.450 e. The third-order valence-electron chi connectivity index (χ3n) is 2.50. The van der Waals surface area contributed by atoms with E-state index < -0.39 is 39.6 Å². The topological polar surface area (TPSA) is 72.9 Å². The lowest BCUT2D eigenvalue weighted by Crippen LogP contribution is -2.30. The maximum Gasteiger partial charge on any atom is 0.450 e. The van der Waals surface area contributed by atoms with Gasteiger partial charge in [0.05, 0.1) is 17.1 Å². The lowest BCUT2D eigenvalue weighted by Gasteiger charge is -2.32. The van der Waals surface area contributed by atoms with Crippen LogP contribution in [0.1, 0.15) is 27.7 Å². The van der Waals surface area contributed by atoms with Crippen LogP contribution in [-0.2, 0) is 23.6 Å². The SMILES string of the molecule is CC(C)OP(=O)(OC(C)C)N(C(Cl)=C(Cl)Cl)S(=O)(=O)c1ccccc1. The summed E-state index contributed by atoms with van der Waals surface area (Å²) in [4.78, 5) is -0.178. The lowest BCUT2D eigenvalue weighted by atomic mass is 10.4. The molecule has 25 heavy (non-hydrogen) atoms. The van der Waals surface area contributed by atoms with Crippen molar-refractivity contribution in [2.75, 3.05) is 0 Å². The summed E-state index contributed by atoms with van der Waals surface area (Å²) >= 11 is 17.3. The minimum atomic E-state index is -4.45. The van der Waals surface area contributed by atoms with E-state index in [2.05, 4.69) is 0 Å². The zero-order chi connectivity index (χ0) is 19.4. The number of hydrogen-bond acceptors (Lipinski definition) is 5. The molecule has 0 aliphatic carbocycles. The van der Waals surface area contributed by atoms with Gasteiger partial charge in [0.25, 0.3) is 10.0 Å². The normalized spacial score (nSPS) is 12.5. The zero-order valence-electron chi connectivity index (χ0n) is 14.0.